The molecule has 0 atom stereocenters. The fourth-order valence-corrected chi connectivity index (χ4v) is 3.07. The highest BCUT2D eigenvalue weighted by molar-refractivity contribution is 5.94. The van der Waals surface area contributed by atoms with Crippen LogP contribution in [0.5, 0.6) is 0 Å². The second-order valence-corrected chi connectivity index (χ2v) is 6.22. The van der Waals surface area contributed by atoms with E-state index in [0.717, 1.165) is 18.3 Å². The number of carbonyl (C=O) groups excluding carboxylic acids is 1. The lowest BCUT2D eigenvalue weighted by Crippen LogP contribution is -2.39. The first-order valence-corrected chi connectivity index (χ1v) is 8.22. The maximum Gasteiger partial charge on any atom is 0.433 e. The molecule has 26 heavy (non-hydrogen) atoms. The molecule has 1 saturated carbocycles. The number of nitrogens with zero attached hydrogens (tertiary/aromatic N) is 3. The fraction of sp³-hybridized carbons (Fsp3) is 0.412. The number of alkyl halides is 3. The summed E-state index contributed by atoms with van der Waals surface area (Å²) in [7, 11) is 0. The zero-order valence-electron chi connectivity index (χ0n) is 13.7. The molecule has 1 aliphatic rings. The molecule has 1 fully saturated rings. The van der Waals surface area contributed by atoms with Crippen molar-refractivity contribution in [3.05, 3.63) is 58.3 Å². The number of aromatic nitrogens is 3. The Bertz CT molecular complexity index is 825. The summed E-state index contributed by atoms with van der Waals surface area (Å²) < 4.78 is 39.0. The van der Waals surface area contributed by atoms with E-state index in [0.29, 0.717) is 25.7 Å². The van der Waals surface area contributed by atoms with Crippen LogP contribution in [0, 0.1) is 0 Å². The lowest BCUT2D eigenvalue weighted by atomic mass is 9.91. The zero-order valence-corrected chi connectivity index (χ0v) is 13.7. The Labute approximate surface area is 147 Å². The van der Waals surface area contributed by atoms with Crippen LogP contribution in [0.25, 0.3) is 0 Å². The van der Waals surface area contributed by atoms with Crippen molar-refractivity contribution >= 4 is 5.91 Å². The first kappa shape index (κ1) is 18.1. The van der Waals surface area contributed by atoms with Crippen molar-refractivity contribution in [1.29, 1.82) is 0 Å². The van der Waals surface area contributed by atoms with Crippen LogP contribution in [0.3, 0.4) is 0 Å². The Morgan fingerprint density at radius 2 is 1.88 bits per heavy atom. The molecular weight excluding hydrogens is 349 g/mol. The standard InChI is InChI=1S/C17H17F3N4O2/c18-17(19,20)14-8-3-11(10-21-14)16(26)23-12-4-6-13(7-5-12)24-15(25)2-1-9-22-24/h1-3,8-10,12-13H,4-7H2,(H,23,26). The van der Waals surface area contributed by atoms with E-state index >= 15 is 0 Å². The highest BCUT2D eigenvalue weighted by atomic mass is 19.4. The van der Waals surface area contributed by atoms with Gasteiger partial charge in [0.15, 0.2) is 0 Å². The highest BCUT2D eigenvalue weighted by Gasteiger charge is 2.32. The molecule has 3 rings (SSSR count). The maximum absolute atomic E-state index is 12.5. The third kappa shape index (κ3) is 4.09. The molecule has 2 heterocycles. The molecule has 138 valence electrons. The molecule has 0 aliphatic heterocycles. The molecule has 1 aliphatic carbocycles. The highest BCUT2D eigenvalue weighted by Crippen LogP contribution is 2.28. The Balaban J connectivity index is 1.57. The van der Waals surface area contributed by atoms with Gasteiger partial charge in [-0.1, -0.05) is 0 Å². The topological polar surface area (TPSA) is 76.9 Å². The SMILES string of the molecule is O=C(NC1CCC(n2ncccc2=O)CC1)c1ccc(C(F)(F)F)nc1. The Morgan fingerprint density at radius 1 is 1.15 bits per heavy atom. The van der Waals surface area contributed by atoms with Crippen LogP contribution in [-0.2, 0) is 6.18 Å². The van der Waals surface area contributed by atoms with Crippen LogP contribution in [0.4, 0.5) is 13.2 Å². The zero-order chi connectivity index (χ0) is 18.7. The molecule has 0 bridgehead atoms. The van der Waals surface area contributed by atoms with Crippen molar-refractivity contribution in [3.8, 4) is 0 Å². The molecule has 0 unspecified atom stereocenters. The first-order valence-electron chi connectivity index (χ1n) is 8.22. The van der Waals surface area contributed by atoms with Crippen molar-refractivity contribution in [3.63, 3.8) is 0 Å². The van der Waals surface area contributed by atoms with Gasteiger partial charge in [-0.25, -0.2) is 4.68 Å². The van der Waals surface area contributed by atoms with E-state index in [1.54, 1.807) is 12.3 Å². The average molecular weight is 366 g/mol. The summed E-state index contributed by atoms with van der Waals surface area (Å²) in [6, 6.07) is 4.84. The maximum atomic E-state index is 12.5. The van der Waals surface area contributed by atoms with Crippen LogP contribution >= 0.6 is 0 Å². The van der Waals surface area contributed by atoms with Crippen LogP contribution in [0.2, 0.25) is 0 Å². The number of nitrogens with one attached hydrogen (secondary N) is 1. The molecule has 0 radical (unpaired) electrons. The molecule has 6 nitrogen and oxygen atoms in total. The van der Waals surface area contributed by atoms with Gasteiger partial charge in [0.1, 0.15) is 5.69 Å². The second kappa shape index (κ2) is 7.27. The second-order valence-electron chi connectivity index (χ2n) is 6.22. The largest absolute Gasteiger partial charge is 0.433 e. The van der Waals surface area contributed by atoms with E-state index in [4.69, 9.17) is 0 Å². The minimum Gasteiger partial charge on any atom is -0.349 e. The number of pyridine rings is 1. The molecule has 1 amide bonds. The fourth-order valence-electron chi connectivity index (χ4n) is 3.07. The van der Waals surface area contributed by atoms with Crippen LogP contribution in [0.15, 0.2) is 41.5 Å². The van der Waals surface area contributed by atoms with Gasteiger partial charge in [0.2, 0.25) is 0 Å². The third-order valence-electron chi connectivity index (χ3n) is 4.44. The minimum absolute atomic E-state index is 0.00964. The molecule has 0 spiro atoms. The monoisotopic (exact) mass is 366 g/mol. The van der Waals surface area contributed by atoms with Crippen LogP contribution in [-0.4, -0.2) is 26.7 Å². The van der Waals surface area contributed by atoms with Crippen molar-refractivity contribution in [2.45, 2.75) is 43.9 Å². The number of halogens is 3. The Morgan fingerprint density at radius 3 is 2.46 bits per heavy atom. The van der Waals surface area contributed by atoms with Crippen LogP contribution < -0.4 is 10.9 Å². The summed E-state index contributed by atoms with van der Waals surface area (Å²) in [6.07, 6.45) is 0.655. The van der Waals surface area contributed by atoms with E-state index in [2.05, 4.69) is 15.4 Å². The molecule has 2 aromatic rings. The molecule has 0 saturated heterocycles. The van der Waals surface area contributed by atoms with Gasteiger partial charge in [-0.3, -0.25) is 14.6 Å². The van der Waals surface area contributed by atoms with E-state index < -0.39 is 17.8 Å². The van der Waals surface area contributed by atoms with Gasteiger partial charge in [0, 0.05) is 24.5 Å². The van der Waals surface area contributed by atoms with E-state index in [1.807, 2.05) is 0 Å². The van der Waals surface area contributed by atoms with Crippen molar-refractivity contribution < 1.29 is 18.0 Å². The summed E-state index contributed by atoms with van der Waals surface area (Å²) in [4.78, 5) is 27.3. The Kier molecular flexibility index (Phi) is 5.06. The third-order valence-corrected chi connectivity index (χ3v) is 4.44. The summed E-state index contributed by atoms with van der Waals surface area (Å²) in [5, 5.41) is 6.89. The quantitative estimate of drug-likeness (QED) is 0.906. The van der Waals surface area contributed by atoms with Gasteiger partial charge in [0.05, 0.1) is 11.6 Å². The van der Waals surface area contributed by atoms with Crippen molar-refractivity contribution in [1.82, 2.24) is 20.1 Å². The van der Waals surface area contributed by atoms with Gasteiger partial charge in [-0.15, -0.1) is 0 Å². The summed E-state index contributed by atoms with van der Waals surface area (Å²) in [5.41, 5.74) is -1.10. The first-order chi connectivity index (χ1) is 12.3. The number of hydrogen-bond donors (Lipinski definition) is 1. The molecule has 0 aromatic carbocycles. The van der Waals surface area contributed by atoms with Gasteiger partial charge in [0.25, 0.3) is 11.5 Å². The predicted octanol–water partition coefficient (Wildman–Crippen LogP) is 2.57. The van der Waals surface area contributed by atoms with Crippen molar-refractivity contribution in [2.24, 2.45) is 0 Å². The number of rotatable bonds is 3. The van der Waals surface area contributed by atoms with Crippen LogP contribution in [0.1, 0.15) is 47.8 Å². The number of amides is 1. The summed E-state index contributed by atoms with van der Waals surface area (Å²) in [5.74, 6) is -0.454. The van der Waals surface area contributed by atoms with E-state index in [1.165, 1.54) is 10.7 Å². The van der Waals surface area contributed by atoms with Gasteiger partial charge in [-0.05, 0) is 43.9 Å². The molecule has 1 N–H and O–H groups in total. The van der Waals surface area contributed by atoms with Gasteiger partial charge < -0.3 is 5.32 Å². The molecule has 2 aromatic heterocycles. The van der Waals surface area contributed by atoms with E-state index in [9.17, 15) is 22.8 Å². The van der Waals surface area contributed by atoms with Crippen molar-refractivity contribution in [2.75, 3.05) is 0 Å². The molecular formula is C17H17F3N4O2. The summed E-state index contributed by atoms with van der Waals surface area (Å²) >= 11 is 0. The lowest BCUT2D eigenvalue weighted by molar-refractivity contribution is -0.141. The summed E-state index contributed by atoms with van der Waals surface area (Å²) in [6.45, 7) is 0. The minimum atomic E-state index is -4.53. The normalized spacial score (nSPS) is 20.6. The number of carbonyl (C=O) groups is 1. The predicted molar refractivity (Wildman–Crippen MR) is 86.5 cm³/mol. The smallest absolute Gasteiger partial charge is 0.349 e. The Hall–Kier alpha value is -2.71. The molecule has 9 heteroatoms. The van der Waals surface area contributed by atoms with Gasteiger partial charge in [-0.2, -0.15) is 18.3 Å². The average Bonchev–Trinajstić information content (AvgIpc) is 2.62. The van der Waals surface area contributed by atoms with Gasteiger partial charge >= 0.3 is 6.18 Å². The van der Waals surface area contributed by atoms with E-state index in [-0.39, 0.29) is 23.2 Å². The lowest BCUT2D eigenvalue weighted by Gasteiger charge is -2.29. The number of hydrogen-bond acceptors (Lipinski definition) is 4.